The van der Waals surface area contributed by atoms with Crippen LogP contribution in [0.4, 0.5) is 0 Å². The van der Waals surface area contributed by atoms with Gasteiger partial charge in [0.15, 0.2) is 0 Å². The maximum atomic E-state index is 4.60. The van der Waals surface area contributed by atoms with Crippen molar-refractivity contribution >= 4 is 11.3 Å². The summed E-state index contributed by atoms with van der Waals surface area (Å²) in [4.78, 5) is 7.29. The van der Waals surface area contributed by atoms with Crippen molar-refractivity contribution in [1.82, 2.24) is 15.2 Å². The third-order valence-corrected chi connectivity index (χ3v) is 5.06. The van der Waals surface area contributed by atoms with Crippen LogP contribution in [-0.4, -0.2) is 34.6 Å². The molecule has 1 saturated heterocycles. The molecule has 1 saturated carbocycles. The summed E-state index contributed by atoms with van der Waals surface area (Å²) >= 11 is 1.80. The predicted octanol–water partition coefficient (Wildman–Crippen LogP) is 2.59. The van der Waals surface area contributed by atoms with Crippen molar-refractivity contribution < 1.29 is 0 Å². The van der Waals surface area contributed by atoms with E-state index >= 15 is 0 Å². The molecule has 1 aliphatic heterocycles. The Balaban J connectivity index is 1.87. The van der Waals surface area contributed by atoms with E-state index in [9.17, 15) is 0 Å². The molecular formula is C14H23N3S. The van der Waals surface area contributed by atoms with Crippen LogP contribution in [0.5, 0.6) is 0 Å². The van der Waals surface area contributed by atoms with Crippen molar-refractivity contribution in [3.05, 3.63) is 16.6 Å². The fourth-order valence-electron chi connectivity index (χ4n) is 3.38. The van der Waals surface area contributed by atoms with Gasteiger partial charge in [-0.2, -0.15) is 0 Å². The Morgan fingerprint density at radius 2 is 2.28 bits per heavy atom. The Hall–Kier alpha value is -0.450. The van der Waals surface area contributed by atoms with Crippen LogP contribution in [0, 0.1) is 0 Å². The average Bonchev–Trinajstić information content (AvgIpc) is 2.87. The molecule has 0 spiro atoms. The molecule has 0 aromatic carbocycles. The number of hydrogen-bond donors (Lipinski definition) is 1. The van der Waals surface area contributed by atoms with E-state index in [0.717, 1.165) is 12.6 Å². The van der Waals surface area contributed by atoms with Crippen molar-refractivity contribution in [2.45, 2.75) is 63.7 Å². The fourth-order valence-corrected chi connectivity index (χ4v) is 4.19. The molecule has 0 radical (unpaired) electrons. The second-order valence-electron chi connectivity index (χ2n) is 6.18. The van der Waals surface area contributed by atoms with Crippen LogP contribution in [-0.2, 0) is 5.54 Å². The largest absolute Gasteiger partial charge is 0.302 e. The zero-order valence-corrected chi connectivity index (χ0v) is 12.3. The third kappa shape index (κ3) is 2.22. The highest BCUT2D eigenvalue weighted by Crippen LogP contribution is 2.42. The fraction of sp³-hybridized carbons (Fsp3) is 0.786. The smallest absolute Gasteiger partial charge is 0.114 e. The molecule has 1 aromatic heterocycles. The average molecular weight is 265 g/mol. The first-order valence-corrected chi connectivity index (χ1v) is 7.92. The van der Waals surface area contributed by atoms with Crippen LogP contribution in [0.3, 0.4) is 0 Å². The highest BCUT2D eigenvalue weighted by atomic mass is 32.1. The molecule has 2 fully saturated rings. The summed E-state index contributed by atoms with van der Waals surface area (Å²) in [6.45, 7) is 7.97. The zero-order valence-electron chi connectivity index (χ0n) is 11.5. The van der Waals surface area contributed by atoms with Gasteiger partial charge in [-0.15, -0.1) is 11.3 Å². The first kappa shape index (κ1) is 12.6. The van der Waals surface area contributed by atoms with E-state index in [1.165, 1.54) is 24.3 Å². The topological polar surface area (TPSA) is 28.2 Å². The minimum atomic E-state index is 0.0876. The summed E-state index contributed by atoms with van der Waals surface area (Å²) in [5.74, 6) is 0. The van der Waals surface area contributed by atoms with Gasteiger partial charge in [0, 0.05) is 36.2 Å². The monoisotopic (exact) mass is 265 g/mol. The molecule has 1 aromatic rings. The third-order valence-electron chi connectivity index (χ3n) is 4.09. The van der Waals surface area contributed by atoms with Gasteiger partial charge in [-0.1, -0.05) is 0 Å². The number of rotatable bonds is 4. The van der Waals surface area contributed by atoms with E-state index < -0.39 is 0 Å². The van der Waals surface area contributed by atoms with Gasteiger partial charge >= 0.3 is 0 Å². The van der Waals surface area contributed by atoms with E-state index in [0.29, 0.717) is 12.1 Å². The molecular weight excluding hydrogens is 242 g/mol. The quantitative estimate of drug-likeness (QED) is 0.907. The van der Waals surface area contributed by atoms with Crippen molar-refractivity contribution in [3.8, 4) is 0 Å². The lowest BCUT2D eigenvalue weighted by molar-refractivity contribution is 0.236. The van der Waals surface area contributed by atoms with Crippen LogP contribution in [0.1, 0.15) is 45.0 Å². The molecule has 1 aliphatic carbocycles. The summed E-state index contributed by atoms with van der Waals surface area (Å²) in [5.41, 5.74) is 0.0876. The molecule has 2 heterocycles. The van der Waals surface area contributed by atoms with Crippen LogP contribution in [0.15, 0.2) is 11.6 Å². The molecule has 2 atom stereocenters. The van der Waals surface area contributed by atoms with Crippen molar-refractivity contribution in [2.75, 3.05) is 6.54 Å². The van der Waals surface area contributed by atoms with Crippen molar-refractivity contribution in [2.24, 2.45) is 0 Å². The van der Waals surface area contributed by atoms with E-state index in [1.807, 2.05) is 6.20 Å². The lowest BCUT2D eigenvalue weighted by atomic mass is 9.96. The second kappa shape index (κ2) is 4.58. The normalized spacial score (nSPS) is 33.4. The summed E-state index contributed by atoms with van der Waals surface area (Å²) < 4.78 is 0. The summed E-state index contributed by atoms with van der Waals surface area (Å²) in [6.07, 6.45) is 5.91. The first-order chi connectivity index (χ1) is 8.61. The maximum absolute atomic E-state index is 4.60. The van der Waals surface area contributed by atoms with Gasteiger partial charge in [0.25, 0.3) is 0 Å². The Bertz CT molecular complexity index is 399. The van der Waals surface area contributed by atoms with Crippen molar-refractivity contribution in [1.29, 1.82) is 0 Å². The van der Waals surface area contributed by atoms with Crippen LogP contribution in [0.25, 0.3) is 0 Å². The number of thiazole rings is 1. The molecule has 3 rings (SSSR count). The number of nitrogens with zero attached hydrogens (tertiary/aromatic N) is 2. The highest BCUT2D eigenvalue weighted by Gasteiger charge is 2.49. The second-order valence-corrected chi connectivity index (χ2v) is 7.07. The summed E-state index contributed by atoms with van der Waals surface area (Å²) in [6, 6.07) is 2.02. The minimum absolute atomic E-state index is 0.0876. The van der Waals surface area contributed by atoms with Gasteiger partial charge in [-0.3, -0.25) is 4.90 Å². The standard InChI is InChI=1S/C14H23N3S/c1-10(2)16-14(13-15-6-7-18-13)8-11(3)17(9-14)12-4-5-12/h6-7,10-12,16H,4-5,8-9H2,1-3H3. The van der Waals surface area contributed by atoms with E-state index in [1.54, 1.807) is 11.3 Å². The van der Waals surface area contributed by atoms with E-state index in [4.69, 9.17) is 0 Å². The molecule has 4 heteroatoms. The Morgan fingerprint density at radius 3 is 2.83 bits per heavy atom. The molecule has 0 amide bonds. The van der Waals surface area contributed by atoms with Gasteiger partial charge < -0.3 is 5.32 Å². The van der Waals surface area contributed by atoms with E-state index in [-0.39, 0.29) is 5.54 Å². The Labute approximate surface area is 114 Å². The molecule has 3 nitrogen and oxygen atoms in total. The molecule has 2 unspecified atom stereocenters. The maximum Gasteiger partial charge on any atom is 0.114 e. The lowest BCUT2D eigenvalue weighted by Crippen LogP contribution is -2.48. The van der Waals surface area contributed by atoms with Crippen LogP contribution < -0.4 is 5.32 Å². The summed E-state index contributed by atoms with van der Waals surface area (Å²) in [7, 11) is 0. The van der Waals surface area contributed by atoms with Gasteiger partial charge in [0.05, 0.1) is 5.54 Å². The zero-order chi connectivity index (χ0) is 12.8. The minimum Gasteiger partial charge on any atom is -0.302 e. The molecule has 0 bridgehead atoms. The Morgan fingerprint density at radius 1 is 1.50 bits per heavy atom. The number of likely N-dealkylation sites (tertiary alicyclic amines) is 1. The first-order valence-electron chi connectivity index (χ1n) is 7.04. The van der Waals surface area contributed by atoms with Gasteiger partial charge in [0.1, 0.15) is 5.01 Å². The van der Waals surface area contributed by atoms with Crippen LogP contribution >= 0.6 is 11.3 Å². The van der Waals surface area contributed by atoms with E-state index in [2.05, 4.69) is 41.4 Å². The molecule has 2 aliphatic rings. The van der Waals surface area contributed by atoms with Gasteiger partial charge in [-0.05, 0) is 40.0 Å². The van der Waals surface area contributed by atoms with Gasteiger partial charge in [0.2, 0.25) is 0 Å². The molecule has 1 N–H and O–H groups in total. The number of hydrogen-bond acceptors (Lipinski definition) is 4. The summed E-state index contributed by atoms with van der Waals surface area (Å²) in [5, 5.41) is 7.18. The van der Waals surface area contributed by atoms with Crippen LogP contribution in [0.2, 0.25) is 0 Å². The molecule has 100 valence electrons. The Kier molecular flexibility index (Phi) is 3.20. The van der Waals surface area contributed by atoms with Gasteiger partial charge in [-0.25, -0.2) is 4.98 Å². The number of nitrogens with one attached hydrogen (secondary N) is 1. The molecule has 18 heavy (non-hydrogen) atoms. The highest BCUT2D eigenvalue weighted by molar-refractivity contribution is 7.09. The lowest BCUT2D eigenvalue weighted by Gasteiger charge is -2.31. The van der Waals surface area contributed by atoms with Crippen molar-refractivity contribution in [3.63, 3.8) is 0 Å². The SMILES string of the molecule is CC(C)NC1(c2nccs2)CC(C)N(C2CC2)C1. The number of aromatic nitrogens is 1. The predicted molar refractivity (Wildman–Crippen MR) is 75.9 cm³/mol.